The number of hydrogen-bond donors (Lipinski definition) is 1. The van der Waals surface area contributed by atoms with E-state index in [0.717, 1.165) is 30.5 Å². The molecule has 2 heteroatoms. The summed E-state index contributed by atoms with van der Waals surface area (Å²) in [6.07, 6.45) is 9.35. The Morgan fingerprint density at radius 3 is 2.35 bits per heavy atom. The van der Waals surface area contributed by atoms with E-state index in [9.17, 15) is 0 Å². The molecular weight excluding hydrogens is 266 g/mol. The predicted molar refractivity (Wildman–Crippen MR) is 90.6 cm³/mol. The van der Waals surface area contributed by atoms with Gasteiger partial charge in [-0.2, -0.15) is 0 Å². The number of halogens is 1. The molecule has 0 aliphatic heterocycles. The molecule has 20 heavy (non-hydrogen) atoms. The van der Waals surface area contributed by atoms with Crippen LogP contribution in [0.15, 0.2) is 24.3 Å². The van der Waals surface area contributed by atoms with Gasteiger partial charge in [0.1, 0.15) is 0 Å². The third-order valence-electron chi connectivity index (χ3n) is 3.84. The predicted octanol–water partition coefficient (Wildman–Crippen LogP) is 5.47. The summed E-state index contributed by atoms with van der Waals surface area (Å²) in [5.74, 6) is 0.748. The average Bonchev–Trinajstić information content (AvgIpc) is 2.46. The van der Waals surface area contributed by atoms with Gasteiger partial charge in [-0.05, 0) is 49.5 Å². The molecule has 1 aromatic rings. The lowest BCUT2D eigenvalue weighted by molar-refractivity contribution is 0.424. The van der Waals surface area contributed by atoms with Crippen molar-refractivity contribution in [2.45, 2.75) is 58.8 Å². The Hall–Kier alpha value is -0.530. The molecule has 1 aromatic carbocycles. The number of unbranched alkanes of at least 4 members (excludes halogenated alkanes) is 4. The van der Waals surface area contributed by atoms with Gasteiger partial charge < -0.3 is 5.32 Å². The van der Waals surface area contributed by atoms with Crippen molar-refractivity contribution in [2.24, 2.45) is 5.92 Å². The molecule has 0 saturated heterocycles. The third-order valence-corrected chi connectivity index (χ3v) is 4.09. The first-order valence-electron chi connectivity index (χ1n) is 8.21. The van der Waals surface area contributed by atoms with Gasteiger partial charge in [0.25, 0.3) is 0 Å². The second kappa shape index (κ2) is 11.2. The fourth-order valence-corrected chi connectivity index (χ4v) is 2.74. The average molecular weight is 296 g/mol. The Labute approximate surface area is 130 Å². The van der Waals surface area contributed by atoms with E-state index >= 15 is 0 Å². The first-order valence-corrected chi connectivity index (χ1v) is 8.59. The first kappa shape index (κ1) is 17.5. The molecule has 0 heterocycles. The fraction of sp³-hybridized carbons (Fsp3) is 0.667. The lowest BCUT2D eigenvalue weighted by Crippen LogP contribution is -2.24. The third kappa shape index (κ3) is 7.91. The van der Waals surface area contributed by atoms with Gasteiger partial charge in [-0.1, -0.05) is 69.7 Å². The molecule has 0 aliphatic rings. The fourth-order valence-electron chi connectivity index (χ4n) is 2.62. The van der Waals surface area contributed by atoms with E-state index in [1.54, 1.807) is 0 Å². The molecule has 1 rings (SSSR count). The number of benzene rings is 1. The summed E-state index contributed by atoms with van der Waals surface area (Å²) in [5, 5.41) is 4.34. The van der Waals surface area contributed by atoms with Crippen LogP contribution < -0.4 is 5.32 Å². The van der Waals surface area contributed by atoms with Crippen molar-refractivity contribution >= 4 is 11.6 Å². The Morgan fingerprint density at radius 1 is 1.00 bits per heavy atom. The zero-order valence-electron chi connectivity index (χ0n) is 13.1. The molecule has 0 bridgehead atoms. The Balaban J connectivity index is 2.36. The van der Waals surface area contributed by atoms with Crippen molar-refractivity contribution in [3.63, 3.8) is 0 Å². The molecule has 1 nitrogen and oxygen atoms in total. The van der Waals surface area contributed by atoms with Crippen LogP contribution >= 0.6 is 11.6 Å². The molecule has 0 amide bonds. The molecule has 1 N–H and O–H groups in total. The van der Waals surface area contributed by atoms with E-state index in [-0.39, 0.29) is 0 Å². The molecule has 114 valence electrons. The van der Waals surface area contributed by atoms with Crippen LogP contribution in [0.5, 0.6) is 0 Å². The topological polar surface area (TPSA) is 12.0 Å². The molecule has 0 fully saturated rings. The van der Waals surface area contributed by atoms with E-state index in [1.165, 1.54) is 44.1 Å². The van der Waals surface area contributed by atoms with Crippen molar-refractivity contribution in [1.29, 1.82) is 0 Å². The maximum atomic E-state index is 5.95. The Morgan fingerprint density at radius 2 is 1.70 bits per heavy atom. The summed E-state index contributed by atoms with van der Waals surface area (Å²) in [7, 11) is 0. The first-order chi connectivity index (χ1) is 9.76. The van der Waals surface area contributed by atoms with E-state index in [1.807, 2.05) is 12.1 Å². The smallest absolute Gasteiger partial charge is 0.0406 e. The second-order valence-electron chi connectivity index (χ2n) is 5.71. The van der Waals surface area contributed by atoms with Gasteiger partial charge >= 0.3 is 0 Å². The minimum atomic E-state index is 0.748. The minimum Gasteiger partial charge on any atom is -0.317 e. The monoisotopic (exact) mass is 295 g/mol. The van der Waals surface area contributed by atoms with Gasteiger partial charge in [-0.15, -0.1) is 0 Å². The van der Waals surface area contributed by atoms with Crippen molar-refractivity contribution in [2.75, 3.05) is 13.1 Å². The highest BCUT2D eigenvalue weighted by Crippen LogP contribution is 2.18. The SMILES string of the molecule is CCCCCCCC(CNCC)Cc1ccc(Cl)cc1. The van der Waals surface area contributed by atoms with Crippen LogP contribution in [0.1, 0.15) is 57.9 Å². The molecule has 0 radical (unpaired) electrons. The number of hydrogen-bond acceptors (Lipinski definition) is 1. The molecule has 0 aromatic heterocycles. The number of rotatable bonds is 11. The van der Waals surface area contributed by atoms with Crippen molar-refractivity contribution < 1.29 is 0 Å². The van der Waals surface area contributed by atoms with E-state index in [2.05, 4.69) is 31.3 Å². The highest BCUT2D eigenvalue weighted by molar-refractivity contribution is 6.30. The second-order valence-corrected chi connectivity index (χ2v) is 6.14. The van der Waals surface area contributed by atoms with E-state index in [0.29, 0.717) is 0 Å². The summed E-state index contributed by atoms with van der Waals surface area (Å²) >= 11 is 5.95. The highest BCUT2D eigenvalue weighted by atomic mass is 35.5. The highest BCUT2D eigenvalue weighted by Gasteiger charge is 2.09. The van der Waals surface area contributed by atoms with Gasteiger partial charge in [0.15, 0.2) is 0 Å². The Bertz CT molecular complexity index is 334. The van der Waals surface area contributed by atoms with Gasteiger partial charge in [0.2, 0.25) is 0 Å². The number of nitrogens with one attached hydrogen (secondary N) is 1. The van der Waals surface area contributed by atoms with Crippen molar-refractivity contribution in [1.82, 2.24) is 5.32 Å². The molecular formula is C18H30ClN. The normalized spacial score (nSPS) is 12.6. The van der Waals surface area contributed by atoms with Crippen LogP contribution in [0.4, 0.5) is 0 Å². The van der Waals surface area contributed by atoms with Gasteiger partial charge in [0.05, 0.1) is 0 Å². The molecule has 0 saturated carbocycles. The lowest BCUT2D eigenvalue weighted by atomic mass is 9.93. The molecule has 1 unspecified atom stereocenters. The molecule has 0 aliphatic carbocycles. The van der Waals surface area contributed by atoms with Gasteiger partial charge in [-0.3, -0.25) is 0 Å². The summed E-state index contributed by atoms with van der Waals surface area (Å²) < 4.78 is 0. The maximum absolute atomic E-state index is 5.95. The van der Waals surface area contributed by atoms with Crippen molar-refractivity contribution in [3.8, 4) is 0 Å². The standard InChI is InChI=1S/C18H30ClN/c1-3-5-6-7-8-9-17(15-20-4-2)14-16-10-12-18(19)13-11-16/h10-13,17,20H,3-9,14-15H2,1-2H3. The zero-order valence-corrected chi connectivity index (χ0v) is 13.9. The largest absolute Gasteiger partial charge is 0.317 e. The molecule has 0 spiro atoms. The summed E-state index contributed by atoms with van der Waals surface area (Å²) in [4.78, 5) is 0. The zero-order chi connectivity index (χ0) is 14.6. The van der Waals surface area contributed by atoms with Gasteiger partial charge in [-0.25, -0.2) is 0 Å². The summed E-state index contributed by atoms with van der Waals surface area (Å²) in [5.41, 5.74) is 1.41. The van der Waals surface area contributed by atoms with Crippen LogP contribution in [0.2, 0.25) is 5.02 Å². The van der Waals surface area contributed by atoms with Crippen molar-refractivity contribution in [3.05, 3.63) is 34.9 Å². The van der Waals surface area contributed by atoms with Crippen LogP contribution in [-0.4, -0.2) is 13.1 Å². The van der Waals surface area contributed by atoms with Crippen LogP contribution in [0, 0.1) is 5.92 Å². The summed E-state index contributed by atoms with van der Waals surface area (Å²) in [6, 6.07) is 8.33. The van der Waals surface area contributed by atoms with Crippen LogP contribution in [0.25, 0.3) is 0 Å². The Kier molecular flexibility index (Phi) is 9.78. The summed E-state index contributed by atoms with van der Waals surface area (Å²) in [6.45, 7) is 6.65. The maximum Gasteiger partial charge on any atom is 0.0406 e. The minimum absolute atomic E-state index is 0.748. The van der Waals surface area contributed by atoms with E-state index < -0.39 is 0 Å². The molecule has 1 atom stereocenters. The van der Waals surface area contributed by atoms with Gasteiger partial charge in [0, 0.05) is 5.02 Å². The lowest BCUT2D eigenvalue weighted by Gasteiger charge is -2.17. The van der Waals surface area contributed by atoms with E-state index in [4.69, 9.17) is 11.6 Å². The van der Waals surface area contributed by atoms with Crippen LogP contribution in [0.3, 0.4) is 0 Å². The van der Waals surface area contributed by atoms with Crippen LogP contribution in [-0.2, 0) is 6.42 Å². The quantitative estimate of drug-likeness (QED) is 0.534.